The SMILES string of the molecule is Cc1cccc(-c2noc(CCN(C(=O)c3ccco3)C(C)C)n2)c1. The van der Waals surface area contributed by atoms with E-state index < -0.39 is 0 Å². The van der Waals surface area contributed by atoms with Crippen LogP contribution in [0.1, 0.15) is 35.9 Å². The summed E-state index contributed by atoms with van der Waals surface area (Å²) in [6.45, 7) is 6.43. The quantitative estimate of drug-likeness (QED) is 0.684. The molecule has 0 aliphatic rings. The third-order valence-electron chi connectivity index (χ3n) is 3.93. The Hall–Kier alpha value is -2.89. The molecule has 0 bridgehead atoms. The van der Waals surface area contributed by atoms with E-state index in [-0.39, 0.29) is 11.9 Å². The topological polar surface area (TPSA) is 72.4 Å². The number of rotatable bonds is 6. The number of carbonyl (C=O) groups is 1. The highest BCUT2D eigenvalue weighted by atomic mass is 16.5. The second-order valence-electron chi connectivity index (χ2n) is 6.20. The highest BCUT2D eigenvalue weighted by molar-refractivity contribution is 5.91. The molecular formula is C19H21N3O3. The number of amides is 1. The third kappa shape index (κ3) is 3.96. The fourth-order valence-electron chi connectivity index (χ4n) is 2.61. The van der Waals surface area contributed by atoms with Crippen molar-refractivity contribution in [3.8, 4) is 11.4 Å². The van der Waals surface area contributed by atoms with Crippen molar-refractivity contribution in [1.82, 2.24) is 15.0 Å². The Balaban J connectivity index is 1.69. The summed E-state index contributed by atoms with van der Waals surface area (Å²) in [6.07, 6.45) is 1.99. The molecule has 1 aromatic carbocycles. The Bertz CT molecular complexity index is 837. The highest BCUT2D eigenvalue weighted by Crippen LogP contribution is 2.17. The maximum atomic E-state index is 12.5. The normalized spacial score (nSPS) is 11.0. The van der Waals surface area contributed by atoms with Crippen molar-refractivity contribution >= 4 is 5.91 Å². The molecule has 2 aromatic heterocycles. The fraction of sp³-hybridized carbons (Fsp3) is 0.316. The lowest BCUT2D eigenvalue weighted by atomic mass is 10.1. The molecule has 1 amide bonds. The van der Waals surface area contributed by atoms with E-state index >= 15 is 0 Å². The zero-order valence-electron chi connectivity index (χ0n) is 14.6. The van der Waals surface area contributed by atoms with Crippen molar-refractivity contribution in [3.63, 3.8) is 0 Å². The summed E-state index contributed by atoms with van der Waals surface area (Å²) in [5.74, 6) is 1.26. The Morgan fingerprint density at radius 3 is 2.76 bits per heavy atom. The number of hydrogen-bond donors (Lipinski definition) is 0. The molecular weight excluding hydrogens is 318 g/mol. The number of hydrogen-bond acceptors (Lipinski definition) is 5. The van der Waals surface area contributed by atoms with Gasteiger partial charge in [0.1, 0.15) is 0 Å². The van der Waals surface area contributed by atoms with E-state index in [0.717, 1.165) is 11.1 Å². The van der Waals surface area contributed by atoms with Crippen LogP contribution in [-0.2, 0) is 6.42 Å². The van der Waals surface area contributed by atoms with E-state index in [2.05, 4.69) is 10.1 Å². The first-order valence-corrected chi connectivity index (χ1v) is 8.28. The second kappa shape index (κ2) is 7.34. The van der Waals surface area contributed by atoms with Crippen molar-refractivity contribution in [2.75, 3.05) is 6.54 Å². The van der Waals surface area contributed by atoms with E-state index in [4.69, 9.17) is 8.94 Å². The van der Waals surface area contributed by atoms with Crippen LogP contribution in [0.4, 0.5) is 0 Å². The van der Waals surface area contributed by atoms with E-state index in [1.54, 1.807) is 17.0 Å². The van der Waals surface area contributed by atoms with Gasteiger partial charge in [0.05, 0.1) is 6.26 Å². The summed E-state index contributed by atoms with van der Waals surface area (Å²) in [4.78, 5) is 18.7. The van der Waals surface area contributed by atoms with Gasteiger partial charge in [-0.2, -0.15) is 4.98 Å². The molecule has 0 atom stereocenters. The predicted octanol–water partition coefficient (Wildman–Crippen LogP) is 3.73. The van der Waals surface area contributed by atoms with Crippen LogP contribution in [0.25, 0.3) is 11.4 Å². The van der Waals surface area contributed by atoms with Crippen molar-refractivity contribution in [2.24, 2.45) is 0 Å². The molecule has 3 aromatic rings. The highest BCUT2D eigenvalue weighted by Gasteiger charge is 2.21. The fourth-order valence-corrected chi connectivity index (χ4v) is 2.61. The minimum atomic E-state index is -0.140. The summed E-state index contributed by atoms with van der Waals surface area (Å²) in [5, 5.41) is 4.04. The molecule has 0 saturated heterocycles. The van der Waals surface area contributed by atoms with Crippen LogP contribution < -0.4 is 0 Å². The maximum Gasteiger partial charge on any atom is 0.289 e. The van der Waals surface area contributed by atoms with Gasteiger partial charge in [-0.05, 0) is 39.0 Å². The van der Waals surface area contributed by atoms with Gasteiger partial charge in [0.25, 0.3) is 5.91 Å². The van der Waals surface area contributed by atoms with Gasteiger partial charge in [0.15, 0.2) is 5.76 Å². The minimum Gasteiger partial charge on any atom is -0.459 e. The van der Waals surface area contributed by atoms with Crippen LogP contribution in [0.3, 0.4) is 0 Å². The number of aromatic nitrogens is 2. The molecule has 130 valence electrons. The van der Waals surface area contributed by atoms with Gasteiger partial charge in [-0.15, -0.1) is 0 Å². The molecule has 0 spiro atoms. The first-order valence-electron chi connectivity index (χ1n) is 8.28. The number of carbonyl (C=O) groups excluding carboxylic acids is 1. The summed E-state index contributed by atoms with van der Waals surface area (Å²) < 4.78 is 10.5. The number of aryl methyl sites for hydroxylation is 1. The number of benzene rings is 1. The smallest absolute Gasteiger partial charge is 0.289 e. The zero-order chi connectivity index (χ0) is 17.8. The molecule has 0 radical (unpaired) electrons. The first-order chi connectivity index (χ1) is 12.0. The monoisotopic (exact) mass is 339 g/mol. The molecule has 2 heterocycles. The molecule has 6 nitrogen and oxygen atoms in total. The second-order valence-corrected chi connectivity index (χ2v) is 6.20. The van der Waals surface area contributed by atoms with Crippen LogP contribution >= 0.6 is 0 Å². The molecule has 6 heteroatoms. The molecule has 0 aliphatic carbocycles. The molecule has 0 fully saturated rings. The molecule has 0 unspecified atom stereocenters. The van der Waals surface area contributed by atoms with E-state index in [9.17, 15) is 4.79 Å². The van der Waals surface area contributed by atoms with Crippen LogP contribution in [0, 0.1) is 6.92 Å². The zero-order valence-corrected chi connectivity index (χ0v) is 14.6. The van der Waals surface area contributed by atoms with Crippen molar-refractivity contribution in [2.45, 2.75) is 33.2 Å². The molecule has 0 aliphatic heterocycles. The van der Waals surface area contributed by atoms with Crippen LogP contribution in [0.2, 0.25) is 0 Å². The van der Waals surface area contributed by atoms with Gasteiger partial charge in [0, 0.05) is 24.6 Å². The van der Waals surface area contributed by atoms with Gasteiger partial charge in [-0.3, -0.25) is 4.79 Å². The van der Waals surface area contributed by atoms with Crippen LogP contribution in [0.5, 0.6) is 0 Å². The minimum absolute atomic E-state index is 0.0387. The van der Waals surface area contributed by atoms with Crippen LogP contribution in [0.15, 0.2) is 51.6 Å². The summed E-state index contributed by atoms with van der Waals surface area (Å²) in [5.41, 5.74) is 2.06. The summed E-state index contributed by atoms with van der Waals surface area (Å²) in [6, 6.07) is 11.3. The Kier molecular flexibility index (Phi) is 4.97. The van der Waals surface area contributed by atoms with Crippen molar-refractivity contribution in [3.05, 3.63) is 59.9 Å². The van der Waals surface area contributed by atoms with Crippen molar-refractivity contribution < 1.29 is 13.7 Å². The van der Waals surface area contributed by atoms with E-state index in [1.165, 1.54) is 6.26 Å². The number of furan rings is 1. The average Bonchev–Trinajstić information content (AvgIpc) is 3.26. The number of nitrogens with zero attached hydrogens (tertiary/aromatic N) is 3. The van der Waals surface area contributed by atoms with Gasteiger partial charge in [0.2, 0.25) is 11.7 Å². The van der Waals surface area contributed by atoms with Gasteiger partial charge in [-0.1, -0.05) is 28.9 Å². The Morgan fingerprint density at radius 2 is 2.08 bits per heavy atom. The summed E-state index contributed by atoms with van der Waals surface area (Å²) >= 11 is 0. The van der Waals surface area contributed by atoms with Gasteiger partial charge >= 0.3 is 0 Å². The largest absolute Gasteiger partial charge is 0.459 e. The Labute approximate surface area is 146 Å². The lowest BCUT2D eigenvalue weighted by Crippen LogP contribution is -2.38. The molecule has 0 saturated carbocycles. The van der Waals surface area contributed by atoms with Crippen LogP contribution in [-0.4, -0.2) is 33.5 Å². The lowest BCUT2D eigenvalue weighted by molar-refractivity contribution is 0.0671. The third-order valence-corrected chi connectivity index (χ3v) is 3.93. The standard InChI is InChI=1S/C19H21N3O3/c1-13(2)22(19(23)16-8-5-11-24-16)10-9-17-20-18(21-25-17)15-7-4-6-14(3)12-15/h4-8,11-13H,9-10H2,1-3H3. The average molecular weight is 339 g/mol. The Morgan fingerprint density at radius 1 is 1.24 bits per heavy atom. The molecule has 25 heavy (non-hydrogen) atoms. The van der Waals surface area contributed by atoms with Gasteiger partial charge in [-0.25, -0.2) is 0 Å². The lowest BCUT2D eigenvalue weighted by Gasteiger charge is -2.25. The predicted molar refractivity (Wildman–Crippen MR) is 93.1 cm³/mol. The van der Waals surface area contributed by atoms with Gasteiger partial charge < -0.3 is 13.8 Å². The van der Waals surface area contributed by atoms with E-state index in [1.807, 2.05) is 45.0 Å². The maximum absolute atomic E-state index is 12.5. The molecule has 3 rings (SSSR count). The van der Waals surface area contributed by atoms with Crippen molar-refractivity contribution in [1.29, 1.82) is 0 Å². The molecule has 0 N–H and O–H groups in total. The summed E-state index contributed by atoms with van der Waals surface area (Å²) in [7, 11) is 0. The first kappa shape index (κ1) is 17.0. The van der Waals surface area contributed by atoms with E-state index in [0.29, 0.717) is 30.4 Å².